The van der Waals surface area contributed by atoms with E-state index in [1.807, 2.05) is 0 Å². The first-order valence-electron chi connectivity index (χ1n) is 30.3. The standard InChI is InChI=1S/C69H74O19P4/c1-2-28-64(70)84-67-63-45-27-46-75-65(63)66(85-89(71,76-47-55-29-11-3-12-30-55)77-48-56-31-13-4-14-32-56)68(86-90(72,78-49-57-33-15-5-16-34-57)79-50-58-35-17-6-18-36-58)69(67,87-91(73,80-51-59-37-19-7-20-38-59)81-52-60-39-21-8-22-40-60)88-92(74,82-53-61-41-23-9-24-42-61)83-54-62-43-25-10-26-44-62/h3-26,29-44,63,65-68H,2,27-28,45-54H2,1H3. The Morgan fingerprint density at radius 3 is 0.946 bits per heavy atom. The summed E-state index contributed by atoms with van der Waals surface area (Å²) in [6.07, 6.45) is -7.77. The topological polar surface area (TPSA) is 215 Å². The number of carbonyl (C=O) groups is 1. The Morgan fingerprint density at radius 2 is 0.663 bits per heavy atom. The van der Waals surface area contributed by atoms with E-state index in [9.17, 15) is 4.79 Å². The molecule has 23 heteroatoms. The van der Waals surface area contributed by atoms with Crippen LogP contribution in [0.2, 0.25) is 0 Å². The van der Waals surface area contributed by atoms with Gasteiger partial charge in [-0.2, -0.15) is 0 Å². The van der Waals surface area contributed by atoms with E-state index in [0.29, 0.717) is 44.5 Å². The molecule has 92 heavy (non-hydrogen) atoms. The van der Waals surface area contributed by atoms with Crippen LogP contribution < -0.4 is 0 Å². The SMILES string of the molecule is CCCC(=O)OC1C2CCCOC2C(OP(=O)(OCc2ccccc2)OCc2ccccc2)C(OP(=O)(OCc2ccccc2)OCc2ccccc2)C1(OP(=O)(OCc1ccccc1)OCc1ccccc1)OP(=O)(OCc1ccccc1)OCc1ccccc1. The first kappa shape index (κ1) is 68.5. The minimum Gasteiger partial charge on any atom is -0.456 e. The molecule has 0 radical (unpaired) electrons. The lowest BCUT2D eigenvalue weighted by atomic mass is 9.73. The van der Waals surface area contributed by atoms with Crippen molar-refractivity contribution in [3.05, 3.63) is 287 Å². The first-order valence-corrected chi connectivity index (χ1v) is 36.1. The third-order valence-corrected chi connectivity index (χ3v) is 20.4. The van der Waals surface area contributed by atoms with Crippen molar-refractivity contribution in [1.29, 1.82) is 0 Å². The Labute approximate surface area is 536 Å². The molecule has 10 rings (SSSR count). The zero-order valence-electron chi connectivity index (χ0n) is 50.7. The van der Waals surface area contributed by atoms with Crippen molar-refractivity contribution < 1.29 is 86.8 Å². The second kappa shape index (κ2) is 33.6. The summed E-state index contributed by atoms with van der Waals surface area (Å²) in [4.78, 5) is 14.8. The van der Waals surface area contributed by atoms with Crippen LogP contribution in [0, 0.1) is 5.92 Å². The van der Waals surface area contributed by atoms with Crippen molar-refractivity contribution in [1.82, 2.24) is 0 Å². The molecule has 5 atom stereocenters. The molecule has 484 valence electrons. The lowest BCUT2D eigenvalue weighted by Gasteiger charge is -2.56. The van der Waals surface area contributed by atoms with Gasteiger partial charge in [0, 0.05) is 18.9 Å². The van der Waals surface area contributed by atoms with Gasteiger partial charge in [-0.05, 0) is 63.8 Å². The molecule has 0 spiro atoms. The number of phosphoric acid groups is 4. The maximum Gasteiger partial charge on any atom is 0.478 e. The maximum atomic E-state index is 16.8. The van der Waals surface area contributed by atoms with E-state index < -0.39 is 113 Å². The molecule has 19 nitrogen and oxygen atoms in total. The van der Waals surface area contributed by atoms with Crippen LogP contribution in [-0.2, 0) is 140 Å². The van der Waals surface area contributed by atoms with E-state index in [1.54, 1.807) is 250 Å². The largest absolute Gasteiger partial charge is 0.478 e. The fourth-order valence-corrected chi connectivity index (χ4v) is 15.8. The number of ether oxygens (including phenoxy) is 2. The molecular weight excluding hydrogens is 1260 g/mol. The van der Waals surface area contributed by atoms with Gasteiger partial charge in [-0.25, -0.2) is 27.3 Å². The van der Waals surface area contributed by atoms with Crippen LogP contribution >= 0.6 is 31.3 Å². The minimum atomic E-state index is -5.51. The zero-order chi connectivity index (χ0) is 64.0. The smallest absolute Gasteiger partial charge is 0.456 e. The van der Waals surface area contributed by atoms with Gasteiger partial charge in [-0.15, -0.1) is 0 Å². The molecule has 2 fully saturated rings. The Bertz CT molecular complexity index is 3400. The maximum absolute atomic E-state index is 16.8. The van der Waals surface area contributed by atoms with Crippen LogP contribution in [0.5, 0.6) is 0 Å². The summed E-state index contributed by atoms with van der Waals surface area (Å²) in [6, 6.07) is 69.8. The van der Waals surface area contributed by atoms with Gasteiger partial charge in [0.05, 0.1) is 59.0 Å². The fraction of sp³-hybridized carbons (Fsp3) is 0.290. The van der Waals surface area contributed by atoms with Gasteiger partial charge in [-0.1, -0.05) is 250 Å². The highest BCUT2D eigenvalue weighted by atomic mass is 31.2. The highest BCUT2D eigenvalue weighted by molar-refractivity contribution is 7.49. The summed E-state index contributed by atoms with van der Waals surface area (Å²) in [5, 5.41) is 0. The van der Waals surface area contributed by atoms with Crippen molar-refractivity contribution in [2.24, 2.45) is 5.92 Å². The predicted molar refractivity (Wildman–Crippen MR) is 342 cm³/mol. The Kier molecular flexibility index (Phi) is 25.0. The molecule has 1 aliphatic carbocycles. The predicted octanol–water partition coefficient (Wildman–Crippen LogP) is 17.2. The number of rotatable bonds is 35. The number of benzene rings is 8. The summed E-state index contributed by atoms with van der Waals surface area (Å²) in [5.74, 6) is -5.53. The summed E-state index contributed by atoms with van der Waals surface area (Å²) in [5.41, 5.74) is 4.07. The number of hydrogen-bond acceptors (Lipinski definition) is 19. The number of carbonyl (C=O) groups excluding carboxylic acids is 1. The Morgan fingerprint density at radius 1 is 0.391 bits per heavy atom. The van der Waals surface area contributed by atoms with Crippen molar-refractivity contribution in [3.63, 3.8) is 0 Å². The van der Waals surface area contributed by atoms with Crippen LogP contribution in [0.4, 0.5) is 0 Å². The summed E-state index contributed by atoms with van der Waals surface area (Å²) < 4.78 is 160. The third kappa shape index (κ3) is 19.8. The minimum absolute atomic E-state index is 0.0164. The first-order chi connectivity index (χ1) is 44.8. The fourth-order valence-electron chi connectivity index (χ4n) is 10.2. The lowest BCUT2D eigenvalue weighted by molar-refractivity contribution is -0.329. The van der Waals surface area contributed by atoms with E-state index in [2.05, 4.69) is 0 Å². The number of fused-ring (bicyclic) bond motifs is 1. The van der Waals surface area contributed by atoms with Gasteiger partial charge in [0.25, 0.3) is 5.79 Å². The van der Waals surface area contributed by atoms with Gasteiger partial charge < -0.3 is 9.47 Å². The summed E-state index contributed by atoms with van der Waals surface area (Å²) in [7, 11) is -21.6. The van der Waals surface area contributed by atoms with Crippen LogP contribution in [0.3, 0.4) is 0 Å². The molecule has 1 saturated heterocycles. The summed E-state index contributed by atoms with van der Waals surface area (Å²) in [6.45, 7) is -1.69. The van der Waals surface area contributed by atoms with Crippen molar-refractivity contribution in [2.75, 3.05) is 6.61 Å². The molecule has 0 bridgehead atoms. The van der Waals surface area contributed by atoms with E-state index in [1.165, 1.54) is 0 Å². The molecule has 8 aromatic rings. The normalized spacial score (nSPS) is 18.4. The van der Waals surface area contributed by atoms with E-state index >= 15 is 18.3 Å². The van der Waals surface area contributed by atoms with Crippen LogP contribution in [-0.4, -0.2) is 42.8 Å². The number of esters is 1. The molecule has 1 heterocycles. The molecule has 0 amide bonds. The Hall–Kier alpha value is -6.37. The molecule has 1 saturated carbocycles. The van der Waals surface area contributed by atoms with Gasteiger partial charge in [-0.3, -0.25) is 50.0 Å². The van der Waals surface area contributed by atoms with Gasteiger partial charge in [0.2, 0.25) is 0 Å². The number of hydrogen-bond donors (Lipinski definition) is 0. The number of phosphoric ester groups is 4. The van der Waals surface area contributed by atoms with Crippen LogP contribution in [0.15, 0.2) is 243 Å². The second-order valence-electron chi connectivity index (χ2n) is 21.7. The highest BCUT2D eigenvalue weighted by Crippen LogP contribution is 2.68. The van der Waals surface area contributed by atoms with Gasteiger partial charge in [0.15, 0.2) is 12.2 Å². The van der Waals surface area contributed by atoms with Gasteiger partial charge >= 0.3 is 37.3 Å². The molecular formula is C69H74O19P4. The van der Waals surface area contributed by atoms with Gasteiger partial charge in [0.1, 0.15) is 6.10 Å². The van der Waals surface area contributed by atoms with Crippen LogP contribution in [0.25, 0.3) is 0 Å². The average molecular weight is 1330 g/mol. The lowest BCUT2D eigenvalue weighted by Crippen LogP contribution is -2.72. The van der Waals surface area contributed by atoms with Crippen molar-refractivity contribution >= 4 is 37.3 Å². The monoisotopic (exact) mass is 1330 g/mol. The Balaban J connectivity index is 1.24. The highest BCUT2D eigenvalue weighted by Gasteiger charge is 2.72. The van der Waals surface area contributed by atoms with Crippen molar-refractivity contribution in [3.8, 4) is 0 Å². The van der Waals surface area contributed by atoms with Crippen LogP contribution in [0.1, 0.15) is 77.1 Å². The van der Waals surface area contributed by atoms with Crippen molar-refractivity contribution in [2.45, 2.75) is 116 Å². The van der Waals surface area contributed by atoms with E-state index in [0.717, 1.165) is 0 Å². The molecule has 2 aliphatic rings. The summed E-state index contributed by atoms with van der Waals surface area (Å²) >= 11 is 0. The molecule has 8 aromatic carbocycles. The quantitative estimate of drug-likeness (QED) is 0.0205. The molecule has 0 aromatic heterocycles. The third-order valence-electron chi connectivity index (χ3n) is 14.8. The molecule has 1 aliphatic heterocycles. The van der Waals surface area contributed by atoms with E-state index in [4.69, 9.17) is 63.8 Å². The van der Waals surface area contributed by atoms with E-state index in [-0.39, 0.29) is 45.5 Å². The second-order valence-corrected chi connectivity index (χ2v) is 28.1. The molecule has 0 N–H and O–H groups in total. The average Bonchev–Trinajstić information content (AvgIpc) is 0.711. The zero-order valence-corrected chi connectivity index (χ0v) is 54.3. The molecule has 5 unspecified atom stereocenters.